The summed E-state index contributed by atoms with van der Waals surface area (Å²) in [6.07, 6.45) is 0.322. The van der Waals surface area contributed by atoms with Crippen molar-refractivity contribution in [2.75, 3.05) is 16.8 Å². The Morgan fingerprint density at radius 3 is 2.39 bits per heavy atom. The number of ether oxygens (including phenoxy) is 1. The van der Waals surface area contributed by atoms with Crippen molar-refractivity contribution in [2.24, 2.45) is 0 Å². The van der Waals surface area contributed by atoms with Gasteiger partial charge in [0.25, 0.3) is 5.91 Å². The average molecular weight is 566 g/mol. The maximum Gasteiger partial charge on any atom is 0.338 e. The molecule has 0 unspecified atom stereocenters. The van der Waals surface area contributed by atoms with Gasteiger partial charge in [-0.3, -0.25) is 14.5 Å². The molecule has 0 bridgehead atoms. The Morgan fingerprint density at radius 2 is 1.76 bits per heavy atom. The summed E-state index contributed by atoms with van der Waals surface area (Å²) in [5, 5.41) is 13.1. The van der Waals surface area contributed by atoms with Gasteiger partial charge in [0.15, 0.2) is 0 Å². The van der Waals surface area contributed by atoms with Gasteiger partial charge in [0, 0.05) is 11.4 Å². The first-order chi connectivity index (χ1) is 18.3. The molecule has 1 atom stereocenters. The molecule has 0 radical (unpaired) electrons. The van der Waals surface area contributed by atoms with E-state index in [1.165, 1.54) is 17.0 Å². The minimum absolute atomic E-state index is 0.210. The second kappa shape index (κ2) is 12.2. The van der Waals surface area contributed by atoms with Crippen molar-refractivity contribution in [2.45, 2.75) is 18.6 Å². The Hall–Kier alpha value is -3.77. The number of nitrogens with one attached hydrogen (secondary N) is 1. The molecule has 192 valence electrons. The summed E-state index contributed by atoms with van der Waals surface area (Å²) in [4.78, 5) is 40.1. The molecular formula is C28H21Cl2N3O4S. The summed E-state index contributed by atoms with van der Waals surface area (Å²) in [6.45, 7) is 1.96. The molecule has 3 aromatic carbocycles. The highest BCUT2D eigenvalue weighted by Crippen LogP contribution is 2.42. The topological polar surface area (TPSA) is 99.5 Å². The molecule has 1 N–H and O–H groups in total. The maximum atomic E-state index is 13.6. The SMILES string of the molecule is CCOC(=O)c1ccc(NC(=O)/C(C#N)=C2\S[C@H](Cc3ccc(Cl)c(Cl)c3)C(=O)N2c2ccccc2)cc1. The fourth-order valence-electron chi connectivity index (χ4n) is 3.78. The Bertz CT molecular complexity index is 1450. The quantitative estimate of drug-likeness (QED) is 0.207. The van der Waals surface area contributed by atoms with Crippen LogP contribution in [0.3, 0.4) is 0 Å². The van der Waals surface area contributed by atoms with Gasteiger partial charge < -0.3 is 10.1 Å². The van der Waals surface area contributed by atoms with Gasteiger partial charge in [-0.25, -0.2) is 4.79 Å². The number of benzene rings is 3. The number of hydrogen-bond donors (Lipinski definition) is 1. The molecule has 7 nitrogen and oxygen atoms in total. The fourth-order valence-corrected chi connectivity index (χ4v) is 5.41. The lowest BCUT2D eigenvalue weighted by Gasteiger charge is -2.18. The lowest BCUT2D eigenvalue weighted by molar-refractivity contribution is -0.117. The Labute approximate surface area is 234 Å². The molecule has 3 aromatic rings. The first-order valence-electron chi connectivity index (χ1n) is 11.5. The molecular weight excluding hydrogens is 545 g/mol. The number of esters is 1. The number of anilines is 2. The van der Waals surface area contributed by atoms with Gasteiger partial charge in [-0.05, 0) is 67.4 Å². The number of rotatable bonds is 7. The van der Waals surface area contributed by atoms with Gasteiger partial charge in [-0.2, -0.15) is 5.26 Å². The minimum Gasteiger partial charge on any atom is -0.462 e. The van der Waals surface area contributed by atoms with Crippen LogP contribution in [0.1, 0.15) is 22.8 Å². The standard InChI is InChI=1S/C28H21Cl2N3O4S/c1-2-37-28(36)18-9-11-19(12-10-18)32-25(34)21(16-31)27-33(20-6-4-3-5-7-20)26(35)24(38-27)15-17-8-13-22(29)23(30)14-17/h3-14,24H,2,15H2,1H3,(H,32,34)/b27-21-/t24-/m1/s1. The van der Waals surface area contributed by atoms with Gasteiger partial charge in [-0.1, -0.05) is 59.2 Å². The number of hydrogen-bond acceptors (Lipinski definition) is 6. The number of nitriles is 1. The first-order valence-corrected chi connectivity index (χ1v) is 13.2. The molecule has 0 saturated carbocycles. The van der Waals surface area contributed by atoms with E-state index in [-0.39, 0.29) is 23.1 Å². The van der Waals surface area contributed by atoms with Gasteiger partial charge in [0.1, 0.15) is 16.7 Å². The first kappa shape index (κ1) is 27.3. The van der Waals surface area contributed by atoms with E-state index in [1.807, 2.05) is 12.1 Å². The van der Waals surface area contributed by atoms with Crippen LogP contribution in [-0.2, 0) is 20.7 Å². The molecule has 1 fully saturated rings. The second-order valence-electron chi connectivity index (χ2n) is 8.11. The number of halogens is 2. The zero-order valence-electron chi connectivity index (χ0n) is 20.1. The molecule has 1 heterocycles. The normalized spacial score (nSPS) is 16.1. The van der Waals surface area contributed by atoms with Crippen LogP contribution in [0, 0.1) is 11.3 Å². The average Bonchev–Trinajstić information content (AvgIpc) is 3.22. The van der Waals surface area contributed by atoms with Crippen LogP contribution in [0.2, 0.25) is 10.0 Å². The van der Waals surface area contributed by atoms with Crippen LogP contribution in [0.25, 0.3) is 0 Å². The zero-order valence-corrected chi connectivity index (χ0v) is 22.4. The predicted octanol–water partition coefficient (Wildman–Crippen LogP) is 6.24. The molecule has 0 aliphatic carbocycles. The molecule has 2 amide bonds. The Balaban J connectivity index is 1.64. The highest BCUT2D eigenvalue weighted by atomic mass is 35.5. The zero-order chi connectivity index (χ0) is 27.2. The molecule has 38 heavy (non-hydrogen) atoms. The van der Waals surface area contributed by atoms with Crippen LogP contribution < -0.4 is 10.2 Å². The number of carbonyl (C=O) groups excluding carboxylic acids is 3. The third kappa shape index (κ3) is 6.03. The Morgan fingerprint density at radius 1 is 1.05 bits per heavy atom. The number of thioether (sulfide) groups is 1. The van der Waals surface area contributed by atoms with Gasteiger partial charge >= 0.3 is 5.97 Å². The lowest BCUT2D eigenvalue weighted by atomic mass is 10.1. The van der Waals surface area contributed by atoms with Crippen molar-refractivity contribution in [3.8, 4) is 6.07 Å². The van der Waals surface area contributed by atoms with Crippen LogP contribution in [0.4, 0.5) is 11.4 Å². The summed E-state index contributed by atoms with van der Waals surface area (Å²) in [7, 11) is 0. The number of carbonyl (C=O) groups is 3. The van der Waals surface area contributed by atoms with Crippen LogP contribution in [0.5, 0.6) is 0 Å². The fraction of sp³-hybridized carbons (Fsp3) is 0.143. The summed E-state index contributed by atoms with van der Waals surface area (Å²) >= 11 is 13.3. The minimum atomic E-state index is -0.678. The number of amides is 2. The van der Waals surface area contributed by atoms with Crippen LogP contribution in [-0.4, -0.2) is 29.6 Å². The third-order valence-electron chi connectivity index (χ3n) is 5.58. The van der Waals surface area contributed by atoms with Crippen molar-refractivity contribution in [1.29, 1.82) is 5.26 Å². The number of nitrogens with zero attached hydrogens (tertiary/aromatic N) is 2. The Kier molecular flexibility index (Phi) is 8.74. The van der Waals surface area contributed by atoms with Crippen molar-refractivity contribution < 1.29 is 19.1 Å². The van der Waals surface area contributed by atoms with E-state index in [0.29, 0.717) is 33.4 Å². The van der Waals surface area contributed by atoms with Crippen LogP contribution in [0.15, 0.2) is 83.4 Å². The van der Waals surface area contributed by atoms with Crippen molar-refractivity contribution in [1.82, 2.24) is 0 Å². The van der Waals surface area contributed by atoms with Gasteiger partial charge in [0.2, 0.25) is 5.91 Å². The largest absolute Gasteiger partial charge is 0.462 e. The highest BCUT2D eigenvalue weighted by molar-refractivity contribution is 8.05. The van der Waals surface area contributed by atoms with E-state index in [9.17, 15) is 19.6 Å². The molecule has 1 aliphatic heterocycles. The monoisotopic (exact) mass is 565 g/mol. The molecule has 1 saturated heterocycles. The van der Waals surface area contributed by atoms with E-state index in [0.717, 1.165) is 17.3 Å². The highest BCUT2D eigenvalue weighted by Gasteiger charge is 2.40. The molecule has 4 rings (SSSR count). The van der Waals surface area contributed by atoms with Gasteiger partial charge in [0.05, 0.1) is 27.5 Å². The van der Waals surface area contributed by atoms with E-state index < -0.39 is 17.1 Å². The molecule has 1 aliphatic rings. The summed E-state index contributed by atoms with van der Waals surface area (Å²) in [5.41, 5.74) is 1.84. The lowest BCUT2D eigenvalue weighted by Crippen LogP contribution is -2.30. The van der Waals surface area contributed by atoms with E-state index >= 15 is 0 Å². The molecule has 10 heteroatoms. The molecule has 0 spiro atoms. The summed E-state index contributed by atoms with van der Waals surface area (Å²) in [6, 6.07) is 22.1. The van der Waals surface area contributed by atoms with Gasteiger partial charge in [-0.15, -0.1) is 0 Å². The summed E-state index contributed by atoms with van der Waals surface area (Å²) < 4.78 is 4.97. The third-order valence-corrected chi connectivity index (χ3v) is 7.58. The van der Waals surface area contributed by atoms with Crippen molar-refractivity contribution in [3.05, 3.63) is 105 Å². The summed E-state index contributed by atoms with van der Waals surface area (Å²) in [5.74, 6) is -1.41. The second-order valence-corrected chi connectivity index (χ2v) is 10.1. The smallest absolute Gasteiger partial charge is 0.338 e. The predicted molar refractivity (Wildman–Crippen MR) is 149 cm³/mol. The van der Waals surface area contributed by atoms with Crippen molar-refractivity contribution in [3.63, 3.8) is 0 Å². The van der Waals surface area contributed by atoms with E-state index in [1.54, 1.807) is 61.5 Å². The van der Waals surface area contributed by atoms with E-state index in [2.05, 4.69) is 5.32 Å². The maximum absolute atomic E-state index is 13.6. The van der Waals surface area contributed by atoms with E-state index in [4.69, 9.17) is 27.9 Å². The van der Waals surface area contributed by atoms with Crippen molar-refractivity contribution >= 4 is 64.1 Å². The van der Waals surface area contributed by atoms with Crippen LogP contribution >= 0.6 is 35.0 Å². The molecule has 0 aromatic heterocycles. The number of para-hydroxylation sites is 1.